The third kappa shape index (κ3) is 3.06. The average molecular weight is 271 g/mol. The van der Waals surface area contributed by atoms with Crippen molar-refractivity contribution in [2.75, 3.05) is 6.54 Å². The summed E-state index contributed by atoms with van der Waals surface area (Å²) in [6.45, 7) is 7.56. The van der Waals surface area contributed by atoms with E-state index in [9.17, 15) is 0 Å². The smallest absolute Gasteiger partial charge is 0.130 e. The molecule has 1 aromatic carbocycles. The topological polar surface area (TPSA) is 21.3 Å². The van der Waals surface area contributed by atoms with Gasteiger partial charge in [0.25, 0.3) is 0 Å². The van der Waals surface area contributed by atoms with Crippen LogP contribution in [-0.4, -0.2) is 18.2 Å². The van der Waals surface area contributed by atoms with Crippen LogP contribution in [0.1, 0.15) is 51.2 Å². The summed E-state index contributed by atoms with van der Waals surface area (Å²) in [5, 5.41) is 3.60. The zero-order valence-electron chi connectivity index (χ0n) is 12.8. The third-order valence-corrected chi connectivity index (χ3v) is 4.13. The van der Waals surface area contributed by atoms with Gasteiger partial charge in [-0.25, -0.2) is 0 Å². The lowest BCUT2D eigenvalue weighted by molar-refractivity contribution is 0.138. The Morgan fingerprint density at radius 3 is 2.90 bits per heavy atom. The minimum absolute atomic E-state index is 0.0646. The second-order valence-corrected chi connectivity index (χ2v) is 6.69. The van der Waals surface area contributed by atoms with Crippen molar-refractivity contribution in [2.24, 2.45) is 0 Å². The van der Waals surface area contributed by atoms with Gasteiger partial charge in [0, 0.05) is 24.6 Å². The van der Waals surface area contributed by atoms with Gasteiger partial charge in [0.1, 0.15) is 11.4 Å². The number of hydrogen-bond acceptors (Lipinski definition) is 2. The normalized spacial score (nSPS) is 20.6. The first-order valence-electron chi connectivity index (χ1n) is 7.81. The van der Waals surface area contributed by atoms with Crippen LogP contribution >= 0.6 is 0 Å². The van der Waals surface area contributed by atoms with Crippen molar-refractivity contribution in [3.8, 4) is 5.75 Å². The van der Waals surface area contributed by atoms with Crippen LogP contribution in [0.4, 0.5) is 0 Å². The fourth-order valence-corrected chi connectivity index (χ4v) is 2.81. The number of fused-ring (bicyclic) bond motifs is 1. The molecule has 1 N–H and O–H groups in total. The van der Waals surface area contributed by atoms with Crippen molar-refractivity contribution in [1.29, 1.82) is 0 Å². The first kappa shape index (κ1) is 13.7. The van der Waals surface area contributed by atoms with Crippen molar-refractivity contribution in [3.05, 3.63) is 34.9 Å². The van der Waals surface area contributed by atoms with Crippen molar-refractivity contribution < 1.29 is 4.74 Å². The highest BCUT2D eigenvalue weighted by Gasteiger charge is 2.31. The van der Waals surface area contributed by atoms with Crippen molar-refractivity contribution in [3.63, 3.8) is 0 Å². The summed E-state index contributed by atoms with van der Waals surface area (Å²) in [5.41, 5.74) is 3.97. The number of ether oxygens (including phenoxy) is 1. The van der Waals surface area contributed by atoms with Gasteiger partial charge in [-0.1, -0.05) is 36.8 Å². The molecule has 2 aliphatic rings. The standard InChI is InChI=1S/C18H25NO/c1-4-13(12-19-16-8-9-16)10-14-6-5-7-15-11-18(2,3)20-17(14)15/h5-7,10,16,19H,4,8-9,11-12H2,1-3H3. The van der Waals surface area contributed by atoms with Gasteiger partial charge in [-0.2, -0.15) is 0 Å². The highest BCUT2D eigenvalue weighted by Crippen LogP contribution is 2.38. The maximum absolute atomic E-state index is 6.14. The van der Waals surface area contributed by atoms with Crippen molar-refractivity contribution in [1.82, 2.24) is 5.32 Å². The van der Waals surface area contributed by atoms with Gasteiger partial charge in [-0.05, 0) is 38.7 Å². The van der Waals surface area contributed by atoms with Crippen LogP contribution in [0.5, 0.6) is 5.75 Å². The van der Waals surface area contributed by atoms with Gasteiger partial charge in [-0.15, -0.1) is 0 Å². The maximum Gasteiger partial charge on any atom is 0.130 e. The van der Waals surface area contributed by atoms with Crippen LogP contribution in [0.3, 0.4) is 0 Å². The largest absolute Gasteiger partial charge is 0.487 e. The quantitative estimate of drug-likeness (QED) is 0.875. The van der Waals surface area contributed by atoms with Crippen LogP contribution in [0.15, 0.2) is 23.8 Å². The molecule has 108 valence electrons. The molecule has 1 aromatic rings. The predicted molar refractivity (Wildman–Crippen MR) is 84.1 cm³/mol. The Balaban J connectivity index is 1.81. The van der Waals surface area contributed by atoms with E-state index in [1.807, 2.05) is 0 Å². The monoisotopic (exact) mass is 271 g/mol. The molecule has 1 saturated carbocycles. The summed E-state index contributed by atoms with van der Waals surface area (Å²) in [7, 11) is 0. The number of para-hydroxylation sites is 1. The Morgan fingerprint density at radius 1 is 1.40 bits per heavy atom. The molecular formula is C18H25NO. The van der Waals surface area contributed by atoms with Gasteiger partial charge in [0.05, 0.1) is 0 Å². The summed E-state index contributed by atoms with van der Waals surface area (Å²) in [6.07, 6.45) is 7.10. The van der Waals surface area contributed by atoms with E-state index in [0.717, 1.165) is 31.2 Å². The summed E-state index contributed by atoms with van der Waals surface area (Å²) >= 11 is 0. The zero-order chi connectivity index (χ0) is 14.2. The predicted octanol–water partition coefficient (Wildman–Crippen LogP) is 3.95. The van der Waals surface area contributed by atoms with Crippen LogP contribution < -0.4 is 10.1 Å². The molecule has 20 heavy (non-hydrogen) atoms. The first-order valence-corrected chi connectivity index (χ1v) is 7.81. The molecule has 0 aromatic heterocycles. The van der Waals surface area contributed by atoms with Crippen LogP contribution in [0, 0.1) is 0 Å². The van der Waals surface area contributed by atoms with E-state index < -0.39 is 0 Å². The molecular weight excluding hydrogens is 246 g/mol. The molecule has 2 nitrogen and oxygen atoms in total. The molecule has 0 atom stereocenters. The van der Waals surface area contributed by atoms with Gasteiger partial charge >= 0.3 is 0 Å². The third-order valence-electron chi connectivity index (χ3n) is 4.13. The van der Waals surface area contributed by atoms with Crippen LogP contribution in [0.2, 0.25) is 0 Å². The highest BCUT2D eigenvalue weighted by molar-refractivity contribution is 5.63. The van der Waals surface area contributed by atoms with E-state index in [-0.39, 0.29) is 5.60 Å². The molecule has 1 aliphatic heterocycles. The minimum Gasteiger partial charge on any atom is -0.487 e. The molecule has 2 heteroatoms. The van der Waals surface area contributed by atoms with E-state index in [0.29, 0.717) is 0 Å². The SMILES string of the molecule is CCC(=Cc1cccc2c1OC(C)(C)C2)CNC1CC1. The lowest BCUT2D eigenvalue weighted by Gasteiger charge is -2.18. The molecule has 0 spiro atoms. The number of hydrogen-bond donors (Lipinski definition) is 1. The molecule has 0 saturated heterocycles. The number of rotatable bonds is 5. The van der Waals surface area contributed by atoms with Gasteiger partial charge in [-0.3, -0.25) is 0 Å². The lowest BCUT2D eigenvalue weighted by Crippen LogP contribution is -2.24. The highest BCUT2D eigenvalue weighted by atomic mass is 16.5. The average Bonchev–Trinajstić information content (AvgIpc) is 3.16. The molecule has 3 rings (SSSR count). The van der Waals surface area contributed by atoms with Gasteiger partial charge in [0.15, 0.2) is 0 Å². The van der Waals surface area contributed by atoms with Crippen LogP contribution in [0.25, 0.3) is 6.08 Å². The van der Waals surface area contributed by atoms with E-state index in [1.54, 1.807) is 0 Å². The Labute approximate surface area is 122 Å². The summed E-state index contributed by atoms with van der Waals surface area (Å²) < 4.78 is 6.14. The molecule has 0 radical (unpaired) electrons. The van der Waals surface area contributed by atoms with Crippen molar-refractivity contribution >= 4 is 6.08 Å². The van der Waals surface area contributed by atoms with Gasteiger partial charge in [0.2, 0.25) is 0 Å². The maximum atomic E-state index is 6.14. The number of nitrogens with one attached hydrogen (secondary N) is 1. The Morgan fingerprint density at radius 2 is 2.20 bits per heavy atom. The summed E-state index contributed by atoms with van der Waals surface area (Å²) in [6, 6.07) is 7.28. The first-order chi connectivity index (χ1) is 9.57. The zero-order valence-corrected chi connectivity index (χ0v) is 12.8. The molecule has 0 amide bonds. The second-order valence-electron chi connectivity index (χ2n) is 6.69. The van der Waals surface area contributed by atoms with E-state index >= 15 is 0 Å². The number of benzene rings is 1. The Bertz CT molecular complexity index is 526. The van der Waals surface area contributed by atoms with Crippen LogP contribution in [-0.2, 0) is 6.42 Å². The van der Waals surface area contributed by atoms with E-state index in [4.69, 9.17) is 4.74 Å². The van der Waals surface area contributed by atoms with Gasteiger partial charge < -0.3 is 10.1 Å². The fourth-order valence-electron chi connectivity index (χ4n) is 2.81. The summed E-state index contributed by atoms with van der Waals surface area (Å²) in [4.78, 5) is 0. The summed E-state index contributed by atoms with van der Waals surface area (Å²) in [5.74, 6) is 1.09. The Hall–Kier alpha value is -1.28. The second kappa shape index (κ2) is 5.25. The molecule has 0 unspecified atom stereocenters. The molecule has 1 heterocycles. The molecule has 0 bridgehead atoms. The van der Waals surface area contributed by atoms with Crippen molar-refractivity contribution in [2.45, 2.75) is 58.1 Å². The lowest BCUT2D eigenvalue weighted by atomic mass is 9.99. The fraction of sp³-hybridized carbons (Fsp3) is 0.556. The molecule has 1 aliphatic carbocycles. The van der Waals surface area contributed by atoms with E-state index in [1.165, 1.54) is 29.5 Å². The minimum atomic E-state index is -0.0646. The Kier molecular flexibility index (Phi) is 3.59. The van der Waals surface area contributed by atoms with E-state index in [2.05, 4.69) is 50.4 Å². The molecule has 1 fully saturated rings.